The number of halogens is 3. The number of ether oxygens (including phenoxy) is 1. The lowest BCUT2D eigenvalue weighted by atomic mass is 10.1. The molecule has 0 saturated carbocycles. The first-order valence-corrected chi connectivity index (χ1v) is 10.5. The summed E-state index contributed by atoms with van der Waals surface area (Å²) < 4.78 is 19.2. The van der Waals surface area contributed by atoms with Gasteiger partial charge < -0.3 is 10.1 Å². The standard InChI is InChI=1S/C24H16Cl2FN3O3/c1-13(31)33-18-7-3-14(4-8-18)2-5-15-10-16(27)11-19-22(15)29-24(30-23(19)32)28-17-6-9-20(25)21(26)12-17/h2-12H,1H3,(H2,28,29,30,32). The van der Waals surface area contributed by atoms with Crippen molar-refractivity contribution in [3.63, 3.8) is 0 Å². The second kappa shape index (κ2) is 9.44. The summed E-state index contributed by atoms with van der Waals surface area (Å²) in [6.45, 7) is 1.32. The van der Waals surface area contributed by atoms with Crippen molar-refractivity contribution in [2.75, 3.05) is 5.32 Å². The summed E-state index contributed by atoms with van der Waals surface area (Å²) in [4.78, 5) is 30.7. The Labute approximate surface area is 197 Å². The molecule has 4 aromatic rings. The minimum atomic E-state index is -0.565. The third-order valence-electron chi connectivity index (χ3n) is 4.58. The van der Waals surface area contributed by atoms with E-state index in [1.165, 1.54) is 13.0 Å². The van der Waals surface area contributed by atoms with Crippen LogP contribution in [0.4, 0.5) is 16.0 Å². The van der Waals surface area contributed by atoms with E-state index in [1.54, 1.807) is 54.6 Å². The summed E-state index contributed by atoms with van der Waals surface area (Å²) in [7, 11) is 0. The fourth-order valence-electron chi connectivity index (χ4n) is 3.13. The summed E-state index contributed by atoms with van der Waals surface area (Å²) in [6.07, 6.45) is 3.39. The van der Waals surface area contributed by atoms with E-state index in [2.05, 4.69) is 15.3 Å². The third-order valence-corrected chi connectivity index (χ3v) is 5.32. The van der Waals surface area contributed by atoms with E-state index < -0.39 is 17.3 Å². The second-order valence-corrected chi connectivity index (χ2v) is 7.87. The van der Waals surface area contributed by atoms with Gasteiger partial charge in [0.05, 0.1) is 20.9 Å². The van der Waals surface area contributed by atoms with Crippen LogP contribution in [0.25, 0.3) is 23.1 Å². The number of carbonyl (C=O) groups is 1. The number of hydrogen-bond donors (Lipinski definition) is 2. The normalized spacial score (nSPS) is 11.2. The SMILES string of the molecule is CC(=O)Oc1ccc(C=Cc2cc(F)cc3c(=O)[nH]c(Nc4ccc(Cl)c(Cl)c4)nc23)cc1. The number of fused-ring (bicyclic) bond motifs is 1. The summed E-state index contributed by atoms with van der Waals surface area (Å²) in [5.41, 5.74) is 1.58. The maximum absolute atomic E-state index is 14.2. The van der Waals surface area contributed by atoms with Gasteiger partial charge in [-0.15, -0.1) is 0 Å². The molecule has 3 aromatic carbocycles. The van der Waals surface area contributed by atoms with Crippen LogP contribution in [0.15, 0.2) is 59.4 Å². The Kier molecular flexibility index (Phi) is 6.44. The Morgan fingerprint density at radius 2 is 1.82 bits per heavy atom. The molecule has 6 nitrogen and oxygen atoms in total. The molecular formula is C24H16Cl2FN3O3. The topological polar surface area (TPSA) is 84.1 Å². The van der Waals surface area contributed by atoms with Gasteiger partial charge >= 0.3 is 5.97 Å². The molecule has 1 aromatic heterocycles. The molecule has 2 N–H and O–H groups in total. The quantitative estimate of drug-likeness (QED) is 0.200. The van der Waals surface area contributed by atoms with E-state index in [-0.39, 0.29) is 11.3 Å². The van der Waals surface area contributed by atoms with Crippen molar-refractivity contribution < 1.29 is 13.9 Å². The Morgan fingerprint density at radius 3 is 2.52 bits per heavy atom. The van der Waals surface area contributed by atoms with E-state index >= 15 is 0 Å². The number of anilines is 2. The van der Waals surface area contributed by atoms with Gasteiger partial charge in [-0.1, -0.05) is 47.5 Å². The first-order chi connectivity index (χ1) is 15.8. The van der Waals surface area contributed by atoms with Crippen molar-refractivity contribution in [2.45, 2.75) is 6.92 Å². The molecule has 0 aliphatic carbocycles. The Hall–Kier alpha value is -3.68. The molecule has 0 aliphatic rings. The van der Waals surface area contributed by atoms with Crippen LogP contribution in [0.2, 0.25) is 10.0 Å². The van der Waals surface area contributed by atoms with Crippen LogP contribution in [0, 0.1) is 5.82 Å². The highest BCUT2D eigenvalue weighted by Gasteiger charge is 2.10. The number of H-pyrrole nitrogens is 1. The van der Waals surface area contributed by atoms with Crippen LogP contribution in [-0.2, 0) is 4.79 Å². The molecule has 0 fully saturated rings. The summed E-state index contributed by atoms with van der Waals surface area (Å²) >= 11 is 12.0. The fourth-order valence-corrected chi connectivity index (χ4v) is 3.43. The van der Waals surface area contributed by atoms with Crippen molar-refractivity contribution in [3.8, 4) is 5.75 Å². The molecule has 0 saturated heterocycles. The molecule has 0 aliphatic heterocycles. The van der Waals surface area contributed by atoms with Crippen LogP contribution in [0.5, 0.6) is 5.75 Å². The summed E-state index contributed by atoms with van der Waals surface area (Å²) in [5, 5.41) is 3.82. The third kappa shape index (κ3) is 5.39. The van der Waals surface area contributed by atoms with Crippen molar-refractivity contribution >= 4 is 63.9 Å². The zero-order valence-electron chi connectivity index (χ0n) is 17.2. The highest BCUT2D eigenvalue weighted by Crippen LogP contribution is 2.27. The van der Waals surface area contributed by atoms with Crippen molar-refractivity contribution in [1.82, 2.24) is 9.97 Å². The average molecular weight is 484 g/mol. The van der Waals surface area contributed by atoms with E-state index in [0.29, 0.717) is 32.6 Å². The predicted octanol–water partition coefficient (Wildman–Crippen LogP) is 6.21. The lowest BCUT2D eigenvalue weighted by Gasteiger charge is -2.09. The molecule has 1 heterocycles. The van der Waals surface area contributed by atoms with Gasteiger partial charge in [-0.05, 0) is 48.0 Å². The highest BCUT2D eigenvalue weighted by atomic mass is 35.5. The molecule has 0 radical (unpaired) electrons. The van der Waals surface area contributed by atoms with Crippen LogP contribution in [0.1, 0.15) is 18.1 Å². The number of esters is 1. The Balaban J connectivity index is 1.70. The summed E-state index contributed by atoms with van der Waals surface area (Å²) in [6, 6.07) is 14.1. The van der Waals surface area contributed by atoms with E-state index in [4.69, 9.17) is 27.9 Å². The van der Waals surface area contributed by atoms with Crippen LogP contribution in [-0.4, -0.2) is 15.9 Å². The number of rotatable bonds is 5. The number of aromatic nitrogens is 2. The molecule has 4 rings (SSSR count). The number of nitrogens with zero attached hydrogens (tertiary/aromatic N) is 1. The van der Waals surface area contributed by atoms with E-state index in [9.17, 15) is 14.0 Å². The Morgan fingerprint density at radius 1 is 1.06 bits per heavy atom. The molecule has 9 heteroatoms. The summed E-state index contributed by atoms with van der Waals surface area (Å²) in [5.74, 6) is -0.393. The molecule has 0 unspecified atom stereocenters. The molecule has 0 bridgehead atoms. The van der Waals surface area contributed by atoms with Gasteiger partial charge in [-0.3, -0.25) is 14.6 Å². The number of nitrogens with one attached hydrogen (secondary N) is 2. The molecule has 33 heavy (non-hydrogen) atoms. The lowest BCUT2D eigenvalue weighted by molar-refractivity contribution is -0.131. The van der Waals surface area contributed by atoms with Gasteiger partial charge in [0, 0.05) is 18.2 Å². The first kappa shape index (κ1) is 22.5. The smallest absolute Gasteiger partial charge is 0.308 e. The maximum atomic E-state index is 14.2. The lowest BCUT2D eigenvalue weighted by Crippen LogP contribution is -2.12. The number of carbonyl (C=O) groups excluding carboxylic acids is 1. The average Bonchev–Trinajstić information content (AvgIpc) is 2.76. The van der Waals surface area contributed by atoms with Crippen molar-refractivity contribution in [1.29, 1.82) is 0 Å². The van der Waals surface area contributed by atoms with Crippen LogP contribution in [0.3, 0.4) is 0 Å². The fraction of sp³-hybridized carbons (Fsp3) is 0.0417. The molecule has 0 amide bonds. The Bertz CT molecular complexity index is 1450. The van der Waals surface area contributed by atoms with Gasteiger partial charge in [0.25, 0.3) is 5.56 Å². The predicted molar refractivity (Wildman–Crippen MR) is 129 cm³/mol. The number of benzene rings is 3. The van der Waals surface area contributed by atoms with Gasteiger partial charge in [0.2, 0.25) is 5.95 Å². The monoisotopic (exact) mass is 483 g/mol. The van der Waals surface area contributed by atoms with Crippen LogP contribution < -0.4 is 15.6 Å². The first-order valence-electron chi connectivity index (χ1n) is 9.71. The van der Waals surface area contributed by atoms with Gasteiger partial charge in [0.15, 0.2) is 0 Å². The van der Waals surface area contributed by atoms with Gasteiger partial charge in [0.1, 0.15) is 11.6 Å². The highest BCUT2D eigenvalue weighted by molar-refractivity contribution is 6.42. The van der Waals surface area contributed by atoms with Crippen molar-refractivity contribution in [3.05, 3.63) is 91.9 Å². The molecule has 166 valence electrons. The minimum Gasteiger partial charge on any atom is -0.427 e. The second-order valence-electron chi connectivity index (χ2n) is 7.06. The van der Waals surface area contributed by atoms with E-state index in [0.717, 1.165) is 11.6 Å². The minimum absolute atomic E-state index is 0.111. The number of hydrogen-bond acceptors (Lipinski definition) is 5. The van der Waals surface area contributed by atoms with Crippen LogP contribution >= 0.6 is 23.2 Å². The molecular weight excluding hydrogens is 468 g/mol. The zero-order valence-corrected chi connectivity index (χ0v) is 18.7. The molecule has 0 spiro atoms. The number of aromatic amines is 1. The largest absolute Gasteiger partial charge is 0.427 e. The van der Waals surface area contributed by atoms with Gasteiger partial charge in [-0.2, -0.15) is 0 Å². The molecule has 0 atom stereocenters. The zero-order chi connectivity index (χ0) is 23.5. The van der Waals surface area contributed by atoms with Gasteiger partial charge in [-0.25, -0.2) is 9.37 Å². The maximum Gasteiger partial charge on any atom is 0.308 e. The van der Waals surface area contributed by atoms with E-state index in [1.807, 2.05) is 0 Å². The van der Waals surface area contributed by atoms with Crippen molar-refractivity contribution in [2.24, 2.45) is 0 Å².